The number of hydrogen-bond donors (Lipinski definition) is 2. The molecule has 0 saturated carbocycles. The summed E-state index contributed by atoms with van der Waals surface area (Å²) in [6.07, 6.45) is 0. The fourth-order valence-corrected chi connectivity index (χ4v) is 2.45. The summed E-state index contributed by atoms with van der Waals surface area (Å²) >= 11 is 0. The lowest BCUT2D eigenvalue weighted by Gasteiger charge is -2.21. The number of hydrogen-bond acceptors (Lipinski definition) is 3. The van der Waals surface area contributed by atoms with E-state index in [9.17, 15) is 8.42 Å². The van der Waals surface area contributed by atoms with Gasteiger partial charge >= 0.3 is 0 Å². The van der Waals surface area contributed by atoms with Crippen molar-refractivity contribution >= 4 is 10.2 Å². The summed E-state index contributed by atoms with van der Waals surface area (Å²) in [5, 5.41) is 0. The molecule has 1 aromatic rings. The first-order valence-electron chi connectivity index (χ1n) is 5.87. The van der Waals surface area contributed by atoms with Gasteiger partial charge in [-0.1, -0.05) is 24.3 Å². The number of rotatable bonds is 6. The quantitative estimate of drug-likeness (QED) is 0.804. The second-order valence-corrected chi connectivity index (χ2v) is 6.27. The second-order valence-electron chi connectivity index (χ2n) is 4.46. The Hall–Kier alpha value is -0.950. The maximum absolute atomic E-state index is 11.9. The minimum absolute atomic E-state index is 0.0675. The first-order chi connectivity index (χ1) is 8.36. The maximum atomic E-state index is 11.9. The van der Waals surface area contributed by atoms with Gasteiger partial charge in [0.1, 0.15) is 0 Å². The van der Waals surface area contributed by atoms with E-state index in [0.717, 1.165) is 11.1 Å². The monoisotopic (exact) mass is 271 g/mol. The zero-order valence-corrected chi connectivity index (χ0v) is 11.9. The molecule has 0 saturated heterocycles. The van der Waals surface area contributed by atoms with Crippen LogP contribution in [-0.4, -0.2) is 25.8 Å². The van der Waals surface area contributed by atoms with Crippen LogP contribution >= 0.6 is 0 Å². The number of nitrogens with two attached hydrogens (primary N) is 1. The molecule has 1 aromatic carbocycles. The first-order valence-corrected chi connectivity index (χ1v) is 7.31. The van der Waals surface area contributed by atoms with E-state index in [-0.39, 0.29) is 12.6 Å². The third-order valence-electron chi connectivity index (χ3n) is 2.82. The predicted octanol–water partition coefficient (Wildman–Crippen LogP) is 0.820. The van der Waals surface area contributed by atoms with E-state index in [0.29, 0.717) is 6.54 Å². The van der Waals surface area contributed by atoms with E-state index in [1.54, 1.807) is 7.05 Å². The van der Waals surface area contributed by atoms with E-state index >= 15 is 0 Å². The van der Waals surface area contributed by atoms with Crippen molar-refractivity contribution in [3.8, 4) is 0 Å². The average Bonchev–Trinajstić information content (AvgIpc) is 2.36. The Bertz CT molecular complexity index is 469. The summed E-state index contributed by atoms with van der Waals surface area (Å²) in [7, 11) is -1.85. The van der Waals surface area contributed by atoms with Crippen molar-refractivity contribution in [3.05, 3.63) is 35.4 Å². The largest absolute Gasteiger partial charge is 0.326 e. The number of nitrogens with one attached hydrogen (secondary N) is 1. The van der Waals surface area contributed by atoms with Crippen molar-refractivity contribution in [3.63, 3.8) is 0 Å². The molecule has 0 fully saturated rings. The third kappa shape index (κ3) is 4.06. The molecule has 102 valence electrons. The Kier molecular flexibility index (Phi) is 5.28. The van der Waals surface area contributed by atoms with Crippen molar-refractivity contribution in [1.29, 1.82) is 0 Å². The van der Waals surface area contributed by atoms with Crippen molar-refractivity contribution in [1.82, 2.24) is 9.03 Å². The highest BCUT2D eigenvalue weighted by Crippen LogP contribution is 2.06. The molecule has 6 heteroatoms. The van der Waals surface area contributed by atoms with Gasteiger partial charge in [-0.3, -0.25) is 0 Å². The van der Waals surface area contributed by atoms with Gasteiger partial charge < -0.3 is 5.73 Å². The van der Waals surface area contributed by atoms with Crippen LogP contribution in [0.4, 0.5) is 0 Å². The third-order valence-corrected chi connectivity index (χ3v) is 4.51. The normalized spacial score (nSPS) is 12.3. The van der Waals surface area contributed by atoms with E-state index in [1.807, 2.05) is 38.1 Å². The lowest BCUT2D eigenvalue weighted by molar-refractivity contribution is 0.402. The van der Waals surface area contributed by atoms with Gasteiger partial charge in [0, 0.05) is 26.2 Å². The molecule has 18 heavy (non-hydrogen) atoms. The van der Waals surface area contributed by atoms with Gasteiger partial charge in [-0.15, -0.1) is 0 Å². The van der Waals surface area contributed by atoms with Crippen LogP contribution in [0.25, 0.3) is 0 Å². The van der Waals surface area contributed by atoms with E-state index < -0.39 is 10.2 Å². The van der Waals surface area contributed by atoms with E-state index in [1.165, 1.54) is 4.31 Å². The van der Waals surface area contributed by atoms with Gasteiger partial charge in [-0.05, 0) is 25.0 Å². The lowest BCUT2D eigenvalue weighted by atomic mass is 10.1. The van der Waals surface area contributed by atoms with Crippen LogP contribution in [0.5, 0.6) is 0 Å². The molecular formula is C12H21N3O2S. The SMILES string of the molecule is CC(C)N(C)S(=O)(=O)NCc1ccc(CN)cc1. The topological polar surface area (TPSA) is 75.4 Å². The van der Waals surface area contributed by atoms with Crippen molar-refractivity contribution < 1.29 is 8.42 Å². The van der Waals surface area contributed by atoms with Crippen LogP contribution in [0.3, 0.4) is 0 Å². The Balaban J connectivity index is 2.64. The van der Waals surface area contributed by atoms with Gasteiger partial charge in [-0.25, -0.2) is 0 Å². The molecule has 3 N–H and O–H groups in total. The Morgan fingerprint density at radius 1 is 1.22 bits per heavy atom. The number of nitrogens with zero attached hydrogens (tertiary/aromatic N) is 1. The molecule has 5 nitrogen and oxygen atoms in total. The van der Waals surface area contributed by atoms with Crippen LogP contribution in [0.15, 0.2) is 24.3 Å². The molecule has 1 rings (SSSR count). The van der Waals surface area contributed by atoms with Crippen LogP contribution in [0.1, 0.15) is 25.0 Å². The highest BCUT2D eigenvalue weighted by molar-refractivity contribution is 7.87. The summed E-state index contributed by atoms with van der Waals surface area (Å²) in [6, 6.07) is 7.48. The van der Waals surface area contributed by atoms with E-state index in [4.69, 9.17) is 5.73 Å². The molecule has 0 bridgehead atoms. The Labute approximate surface area is 109 Å². The average molecular weight is 271 g/mol. The van der Waals surface area contributed by atoms with Crippen LogP contribution < -0.4 is 10.5 Å². The highest BCUT2D eigenvalue weighted by Gasteiger charge is 2.19. The minimum Gasteiger partial charge on any atom is -0.326 e. The van der Waals surface area contributed by atoms with Crippen LogP contribution in [-0.2, 0) is 23.3 Å². The molecule has 0 unspecified atom stereocenters. The van der Waals surface area contributed by atoms with Crippen molar-refractivity contribution in [2.45, 2.75) is 33.0 Å². The number of benzene rings is 1. The summed E-state index contributed by atoms with van der Waals surface area (Å²) < 4.78 is 27.6. The maximum Gasteiger partial charge on any atom is 0.279 e. The second kappa shape index (κ2) is 6.29. The summed E-state index contributed by atoms with van der Waals surface area (Å²) in [6.45, 7) is 4.43. The Morgan fingerprint density at radius 2 is 1.72 bits per heavy atom. The molecular weight excluding hydrogens is 250 g/mol. The highest BCUT2D eigenvalue weighted by atomic mass is 32.2. The summed E-state index contributed by atoms with van der Waals surface area (Å²) in [5.74, 6) is 0. The molecule has 0 amide bonds. The molecule has 0 aliphatic rings. The molecule has 0 atom stereocenters. The lowest BCUT2D eigenvalue weighted by Crippen LogP contribution is -2.41. The fraction of sp³-hybridized carbons (Fsp3) is 0.500. The predicted molar refractivity (Wildman–Crippen MR) is 73.0 cm³/mol. The minimum atomic E-state index is -3.41. The van der Waals surface area contributed by atoms with Gasteiger partial charge in [0.15, 0.2) is 0 Å². The molecule has 0 aliphatic carbocycles. The molecule has 0 radical (unpaired) electrons. The van der Waals surface area contributed by atoms with E-state index in [2.05, 4.69) is 4.72 Å². The zero-order chi connectivity index (χ0) is 13.8. The fourth-order valence-electron chi connectivity index (χ4n) is 1.35. The standard InChI is InChI=1S/C12H21N3O2S/c1-10(2)15(3)18(16,17)14-9-12-6-4-11(8-13)5-7-12/h4-7,10,14H,8-9,13H2,1-3H3. The summed E-state index contributed by atoms with van der Waals surface area (Å²) in [5.41, 5.74) is 7.44. The van der Waals surface area contributed by atoms with Crippen molar-refractivity contribution in [2.75, 3.05) is 7.05 Å². The molecule has 0 aliphatic heterocycles. The smallest absolute Gasteiger partial charge is 0.279 e. The Morgan fingerprint density at radius 3 is 2.17 bits per heavy atom. The van der Waals surface area contributed by atoms with Crippen LogP contribution in [0.2, 0.25) is 0 Å². The van der Waals surface area contributed by atoms with Crippen molar-refractivity contribution in [2.24, 2.45) is 5.73 Å². The van der Waals surface area contributed by atoms with Gasteiger partial charge in [0.05, 0.1) is 0 Å². The van der Waals surface area contributed by atoms with Crippen LogP contribution in [0, 0.1) is 0 Å². The van der Waals surface area contributed by atoms with Gasteiger partial charge in [0.25, 0.3) is 10.2 Å². The van der Waals surface area contributed by atoms with Gasteiger partial charge in [0.2, 0.25) is 0 Å². The molecule has 0 spiro atoms. The van der Waals surface area contributed by atoms with Gasteiger partial charge in [-0.2, -0.15) is 17.4 Å². The zero-order valence-electron chi connectivity index (χ0n) is 11.1. The molecule has 0 aromatic heterocycles. The summed E-state index contributed by atoms with van der Waals surface area (Å²) in [4.78, 5) is 0. The first kappa shape index (κ1) is 15.1. The molecule has 0 heterocycles.